The second-order valence-corrected chi connectivity index (χ2v) is 9.30. The van der Waals surface area contributed by atoms with Crippen molar-refractivity contribution in [3.8, 4) is 10.8 Å². The van der Waals surface area contributed by atoms with Crippen LogP contribution in [0.5, 0.6) is 0 Å². The largest absolute Gasteiger partial charge is 0.402 e. The molecule has 0 amide bonds. The van der Waals surface area contributed by atoms with Crippen molar-refractivity contribution < 1.29 is 4.42 Å². The van der Waals surface area contributed by atoms with Gasteiger partial charge in [-0.15, -0.1) is 22.7 Å². The van der Waals surface area contributed by atoms with Crippen LogP contribution in [0, 0.1) is 11.3 Å². The van der Waals surface area contributed by atoms with Gasteiger partial charge in [-0.1, -0.05) is 26.8 Å². The topological polar surface area (TPSA) is 43.1 Å². The number of hydrogen-bond acceptors (Lipinski definition) is 5. The summed E-state index contributed by atoms with van der Waals surface area (Å²) in [5.74, 6) is 1.11. The van der Waals surface area contributed by atoms with Crippen LogP contribution in [0.3, 0.4) is 0 Å². The molecule has 0 aromatic carbocycles. The highest BCUT2D eigenvalue weighted by atomic mass is 32.1. The number of nitrogens with zero attached hydrogens (tertiary/aromatic N) is 1. The molecule has 3 aromatic rings. The Hall–Kier alpha value is -1.46. The lowest BCUT2D eigenvalue weighted by Gasteiger charge is -2.33. The predicted molar refractivity (Wildman–Crippen MR) is 96.4 cm³/mol. The Bertz CT molecular complexity index is 913. The summed E-state index contributed by atoms with van der Waals surface area (Å²) in [5, 5.41) is 2.69. The van der Waals surface area contributed by atoms with Crippen molar-refractivity contribution in [2.45, 2.75) is 40.0 Å². The highest BCUT2D eigenvalue weighted by molar-refractivity contribution is 7.19. The average molecular weight is 345 g/mol. The third-order valence-electron chi connectivity index (χ3n) is 4.80. The first-order valence-electron chi connectivity index (χ1n) is 7.93. The molecule has 0 aliphatic heterocycles. The van der Waals surface area contributed by atoms with Crippen LogP contribution in [0.4, 0.5) is 0 Å². The van der Waals surface area contributed by atoms with Crippen LogP contribution in [0.1, 0.15) is 37.6 Å². The highest BCUT2D eigenvalue weighted by Gasteiger charge is 2.32. The van der Waals surface area contributed by atoms with Gasteiger partial charge in [-0.05, 0) is 47.6 Å². The first-order chi connectivity index (χ1) is 10.9. The SMILES string of the molecule is CC(C)(C)[C@@H]1CCc2c(sc3nc(-c4cccs4)oc(=O)c23)C1. The van der Waals surface area contributed by atoms with Gasteiger partial charge in [0.15, 0.2) is 0 Å². The first-order valence-corrected chi connectivity index (χ1v) is 9.62. The van der Waals surface area contributed by atoms with Gasteiger partial charge in [0.25, 0.3) is 0 Å². The van der Waals surface area contributed by atoms with Crippen LogP contribution in [0.2, 0.25) is 0 Å². The van der Waals surface area contributed by atoms with Crippen molar-refractivity contribution in [1.29, 1.82) is 0 Å². The fraction of sp³-hybridized carbons (Fsp3) is 0.444. The molecule has 0 fully saturated rings. The smallest absolute Gasteiger partial charge is 0.348 e. The number of hydrogen-bond donors (Lipinski definition) is 0. The third-order valence-corrected chi connectivity index (χ3v) is 6.81. The van der Waals surface area contributed by atoms with Gasteiger partial charge in [0.05, 0.1) is 4.88 Å². The van der Waals surface area contributed by atoms with Gasteiger partial charge in [-0.3, -0.25) is 0 Å². The molecule has 1 atom stereocenters. The summed E-state index contributed by atoms with van der Waals surface area (Å²) in [7, 11) is 0. The number of thiophene rings is 2. The zero-order valence-electron chi connectivity index (χ0n) is 13.5. The zero-order chi connectivity index (χ0) is 16.2. The number of aromatic nitrogens is 1. The standard InChI is InChI=1S/C18H19NO2S2/c1-18(2,3)10-6-7-11-13(9-10)23-16-14(11)17(20)21-15(19-16)12-5-4-8-22-12/h4-5,8,10H,6-7,9H2,1-3H3/t10-/m1/s1. The minimum atomic E-state index is -0.231. The van der Waals surface area contributed by atoms with Gasteiger partial charge in [-0.25, -0.2) is 9.78 Å². The molecule has 1 aliphatic rings. The summed E-state index contributed by atoms with van der Waals surface area (Å²) in [6.45, 7) is 6.91. The van der Waals surface area contributed by atoms with Crippen molar-refractivity contribution in [1.82, 2.24) is 4.98 Å². The minimum absolute atomic E-state index is 0.231. The van der Waals surface area contributed by atoms with Crippen molar-refractivity contribution in [3.63, 3.8) is 0 Å². The molecule has 0 radical (unpaired) electrons. The van der Waals surface area contributed by atoms with Crippen molar-refractivity contribution >= 4 is 32.9 Å². The number of fused-ring (bicyclic) bond motifs is 3. The average Bonchev–Trinajstić information content (AvgIpc) is 3.12. The van der Waals surface area contributed by atoms with E-state index in [1.54, 1.807) is 22.7 Å². The third kappa shape index (κ3) is 2.56. The summed E-state index contributed by atoms with van der Waals surface area (Å²) in [4.78, 5) is 20.2. The molecule has 3 aromatic heterocycles. The van der Waals surface area contributed by atoms with E-state index in [1.807, 2.05) is 17.5 Å². The molecule has 0 saturated carbocycles. The molecule has 0 spiro atoms. The van der Waals surface area contributed by atoms with E-state index in [0.29, 0.717) is 17.2 Å². The van der Waals surface area contributed by atoms with Crippen LogP contribution >= 0.6 is 22.7 Å². The molecule has 4 rings (SSSR count). The lowest BCUT2D eigenvalue weighted by molar-refractivity contribution is 0.218. The fourth-order valence-electron chi connectivity index (χ4n) is 3.36. The second kappa shape index (κ2) is 5.28. The normalized spacial score (nSPS) is 18.3. The van der Waals surface area contributed by atoms with Crippen molar-refractivity contribution in [2.75, 3.05) is 0 Å². The van der Waals surface area contributed by atoms with Crippen LogP contribution in [0.25, 0.3) is 21.0 Å². The monoisotopic (exact) mass is 345 g/mol. The molecule has 5 heteroatoms. The Balaban J connectivity index is 1.84. The molecule has 3 nitrogen and oxygen atoms in total. The Kier molecular flexibility index (Phi) is 3.46. The molecule has 0 bridgehead atoms. The Labute approximate surface area is 143 Å². The van der Waals surface area contributed by atoms with E-state index in [1.165, 1.54) is 10.4 Å². The van der Waals surface area contributed by atoms with Crippen LogP contribution in [-0.2, 0) is 12.8 Å². The van der Waals surface area contributed by atoms with Crippen molar-refractivity contribution in [2.24, 2.45) is 11.3 Å². The van der Waals surface area contributed by atoms with Gasteiger partial charge in [0.1, 0.15) is 10.2 Å². The lowest BCUT2D eigenvalue weighted by atomic mass is 9.72. The molecule has 3 heterocycles. The Morgan fingerprint density at radius 1 is 1.35 bits per heavy atom. The molecule has 0 unspecified atom stereocenters. The quantitative estimate of drug-likeness (QED) is 0.614. The fourth-order valence-corrected chi connectivity index (χ4v) is 5.29. The Morgan fingerprint density at radius 3 is 2.87 bits per heavy atom. The van der Waals surface area contributed by atoms with E-state index in [2.05, 4.69) is 25.8 Å². The first kappa shape index (κ1) is 15.1. The maximum atomic E-state index is 12.5. The van der Waals surface area contributed by atoms with E-state index >= 15 is 0 Å². The maximum Gasteiger partial charge on any atom is 0.348 e. The van der Waals surface area contributed by atoms with Crippen LogP contribution in [0.15, 0.2) is 26.7 Å². The van der Waals surface area contributed by atoms with Gasteiger partial charge in [0, 0.05) is 4.88 Å². The summed E-state index contributed by atoms with van der Waals surface area (Å²) in [6.07, 6.45) is 3.14. The molecule has 0 saturated heterocycles. The van der Waals surface area contributed by atoms with E-state index in [0.717, 1.165) is 34.4 Å². The number of rotatable bonds is 1. The van der Waals surface area contributed by atoms with Crippen molar-refractivity contribution in [3.05, 3.63) is 38.4 Å². The van der Waals surface area contributed by atoms with E-state index in [9.17, 15) is 4.79 Å². The van der Waals surface area contributed by atoms with Gasteiger partial charge < -0.3 is 4.42 Å². The summed E-state index contributed by atoms with van der Waals surface area (Å²) < 4.78 is 5.50. The molecular weight excluding hydrogens is 326 g/mol. The second-order valence-electron chi connectivity index (χ2n) is 7.27. The molecular formula is C18H19NO2S2. The summed E-state index contributed by atoms with van der Waals surface area (Å²) in [6, 6.07) is 3.88. The molecule has 0 N–H and O–H groups in total. The zero-order valence-corrected chi connectivity index (χ0v) is 15.1. The van der Waals surface area contributed by atoms with E-state index in [4.69, 9.17) is 4.42 Å². The molecule has 120 valence electrons. The van der Waals surface area contributed by atoms with E-state index in [-0.39, 0.29) is 5.63 Å². The molecule has 23 heavy (non-hydrogen) atoms. The van der Waals surface area contributed by atoms with Gasteiger partial charge in [-0.2, -0.15) is 0 Å². The predicted octanol–water partition coefficient (Wildman–Crippen LogP) is 5.13. The van der Waals surface area contributed by atoms with Gasteiger partial charge in [0.2, 0.25) is 5.89 Å². The summed E-state index contributed by atoms with van der Waals surface area (Å²) in [5.41, 5.74) is 1.25. The van der Waals surface area contributed by atoms with E-state index < -0.39 is 0 Å². The Morgan fingerprint density at radius 2 is 2.17 bits per heavy atom. The van der Waals surface area contributed by atoms with Crippen LogP contribution in [-0.4, -0.2) is 4.98 Å². The van der Waals surface area contributed by atoms with Crippen LogP contribution < -0.4 is 5.63 Å². The lowest BCUT2D eigenvalue weighted by Crippen LogP contribution is -2.26. The molecule has 1 aliphatic carbocycles. The highest BCUT2D eigenvalue weighted by Crippen LogP contribution is 2.42. The number of aryl methyl sites for hydroxylation is 1. The summed E-state index contributed by atoms with van der Waals surface area (Å²) >= 11 is 3.22. The minimum Gasteiger partial charge on any atom is -0.402 e. The van der Waals surface area contributed by atoms with Gasteiger partial charge >= 0.3 is 5.63 Å². The maximum absolute atomic E-state index is 12.5.